The molecule has 1 aliphatic carbocycles. The Morgan fingerprint density at radius 3 is 2.91 bits per heavy atom. The molecule has 1 aromatic carbocycles. The third-order valence-electron chi connectivity index (χ3n) is 7.20. The van der Waals surface area contributed by atoms with E-state index in [9.17, 15) is 4.79 Å². The van der Waals surface area contributed by atoms with E-state index in [1.54, 1.807) is 6.33 Å². The molecule has 6 heteroatoms. The van der Waals surface area contributed by atoms with Crippen molar-refractivity contribution in [3.63, 3.8) is 0 Å². The second-order valence-corrected chi connectivity index (χ2v) is 9.60. The monoisotopic (exact) mass is 431 g/mol. The predicted octanol–water partition coefficient (Wildman–Crippen LogP) is 5.11. The van der Waals surface area contributed by atoms with Crippen LogP contribution in [0.15, 0.2) is 42.9 Å². The highest BCUT2D eigenvalue weighted by Gasteiger charge is 2.33. The van der Waals surface area contributed by atoms with Crippen molar-refractivity contribution in [2.24, 2.45) is 11.8 Å². The Labute approximate surface area is 189 Å². The van der Waals surface area contributed by atoms with Gasteiger partial charge in [0.05, 0.1) is 11.4 Å². The molecule has 2 atom stereocenters. The molecule has 0 radical (unpaired) electrons. The molecule has 0 bridgehead atoms. The van der Waals surface area contributed by atoms with Crippen LogP contribution < -0.4 is 10.2 Å². The zero-order valence-electron chi connectivity index (χ0n) is 18.9. The molecule has 2 unspecified atom stereocenters. The third kappa shape index (κ3) is 4.50. The number of Topliss-reactive ketones (excluding diaryl/α,β-unsaturated/α-hetero) is 1. The number of rotatable bonds is 7. The molecule has 2 aromatic heterocycles. The fourth-order valence-corrected chi connectivity index (χ4v) is 5.61. The minimum atomic E-state index is -0.0786. The molecule has 0 spiro atoms. The van der Waals surface area contributed by atoms with Crippen LogP contribution in [0.1, 0.15) is 50.5 Å². The Kier molecular flexibility index (Phi) is 6.10. The molecule has 1 saturated carbocycles. The maximum atomic E-state index is 13.6. The fourth-order valence-electron chi connectivity index (χ4n) is 5.61. The molecule has 32 heavy (non-hydrogen) atoms. The van der Waals surface area contributed by atoms with Crippen LogP contribution in [0.3, 0.4) is 0 Å². The number of piperidine rings is 1. The van der Waals surface area contributed by atoms with Crippen LogP contribution in [-0.4, -0.2) is 39.9 Å². The van der Waals surface area contributed by atoms with Crippen molar-refractivity contribution in [2.75, 3.05) is 23.3 Å². The summed E-state index contributed by atoms with van der Waals surface area (Å²) in [5, 5.41) is 4.69. The lowest BCUT2D eigenvalue weighted by Gasteiger charge is -2.34. The number of fused-ring (bicyclic) bond motifs is 1. The summed E-state index contributed by atoms with van der Waals surface area (Å²) >= 11 is 0. The maximum absolute atomic E-state index is 13.6. The third-order valence-corrected chi connectivity index (χ3v) is 7.20. The van der Waals surface area contributed by atoms with E-state index in [4.69, 9.17) is 0 Å². The minimum absolute atomic E-state index is 0.0786. The van der Waals surface area contributed by atoms with Crippen LogP contribution in [0.2, 0.25) is 0 Å². The number of carbonyl (C=O) groups is 1. The highest BCUT2D eigenvalue weighted by atomic mass is 16.1. The smallest absolute Gasteiger partial charge is 0.155 e. The van der Waals surface area contributed by atoms with Crippen molar-refractivity contribution in [1.82, 2.24) is 15.0 Å². The van der Waals surface area contributed by atoms with Gasteiger partial charge >= 0.3 is 0 Å². The van der Waals surface area contributed by atoms with Gasteiger partial charge in [-0.2, -0.15) is 0 Å². The molecule has 2 fully saturated rings. The lowest BCUT2D eigenvalue weighted by molar-refractivity contribution is -0.121. The van der Waals surface area contributed by atoms with Crippen molar-refractivity contribution < 1.29 is 4.79 Å². The first-order valence-corrected chi connectivity index (χ1v) is 12.1. The van der Waals surface area contributed by atoms with Crippen molar-refractivity contribution in [1.29, 1.82) is 0 Å². The molecule has 3 heterocycles. The number of nitrogens with one attached hydrogen (secondary N) is 2. The molecular weight excluding hydrogens is 398 g/mol. The Morgan fingerprint density at radius 1 is 1.19 bits per heavy atom. The van der Waals surface area contributed by atoms with E-state index < -0.39 is 0 Å². The Morgan fingerprint density at radius 2 is 2.06 bits per heavy atom. The number of ketones is 1. The summed E-state index contributed by atoms with van der Waals surface area (Å²) < 4.78 is 0. The summed E-state index contributed by atoms with van der Waals surface area (Å²) in [5.74, 6) is 2.17. The summed E-state index contributed by atoms with van der Waals surface area (Å²) in [6.45, 7) is 3.96. The first kappa shape index (κ1) is 21.0. The summed E-state index contributed by atoms with van der Waals surface area (Å²) in [5.41, 5.74) is 3.16. The fraction of sp³-hybridized carbons (Fsp3) is 0.500. The number of hydrogen-bond acceptors (Lipinski definition) is 5. The first-order chi connectivity index (χ1) is 15.7. The van der Waals surface area contributed by atoms with Gasteiger partial charge in [0.1, 0.15) is 17.8 Å². The second-order valence-electron chi connectivity index (χ2n) is 9.60. The quantitative estimate of drug-likeness (QED) is 0.544. The average Bonchev–Trinajstić information content (AvgIpc) is 3.49. The number of H-pyrrole nitrogens is 1. The number of aromatic amines is 1. The normalized spacial score (nSPS) is 20.5. The highest BCUT2D eigenvalue weighted by Crippen LogP contribution is 2.33. The van der Waals surface area contributed by atoms with Gasteiger partial charge in [-0.1, -0.05) is 25.0 Å². The molecule has 5 rings (SSSR count). The zero-order chi connectivity index (χ0) is 21.9. The van der Waals surface area contributed by atoms with Gasteiger partial charge in [0.2, 0.25) is 0 Å². The minimum Gasteiger partial charge on any atom is -0.375 e. The van der Waals surface area contributed by atoms with Crippen molar-refractivity contribution in [2.45, 2.75) is 57.9 Å². The van der Waals surface area contributed by atoms with Crippen LogP contribution >= 0.6 is 0 Å². The van der Waals surface area contributed by atoms with Gasteiger partial charge in [0.15, 0.2) is 5.78 Å². The van der Waals surface area contributed by atoms with Crippen LogP contribution in [0.4, 0.5) is 11.5 Å². The SMILES string of the molecule is Cc1cccc(NC(C(=O)CC2CCCN(c3ncnc4[nH]ccc34)C2)C2CCCC2)c1. The van der Waals surface area contributed by atoms with Gasteiger partial charge in [-0.3, -0.25) is 4.79 Å². The van der Waals surface area contributed by atoms with E-state index in [1.165, 1.54) is 18.4 Å². The van der Waals surface area contributed by atoms with E-state index in [0.717, 1.165) is 61.3 Å². The van der Waals surface area contributed by atoms with Gasteiger partial charge in [0, 0.05) is 31.4 Å². The Hall–Kier alpha value is -2.89. The molecule has 1 saturated heterocycles. The summed E-state index contributed by atoms with van der Waals surface area (Å²) in [6, 6.07) is 10.4. The number of benzene rings is 1. The number of hydrogen-bond donors (Lipinski definition) is 2. The molecule has 1 aliphatic heterocycles. The molecule has 6 nitrogen and oxygen atoms in total. The van der Waals surface area contributed by atoms with Crippen molar-refractivity contribution in [3.8, 4) is 0 Å². The second kappa shape index (κ2) is 9.31. The van der Waals surface area contributed by atoms with E-state index in [0.29, 0.717) is 24.0 Å². The van der Waals surface area contributed by atoms with Crippen LogP contribution in [0.5, 0.6) is 0 Å². The predicted molar refractivity (Wildman–Crippen MR) is 129 cm³/mol. The Bertz CT molecular complexity index is 1070. The number of aryl methyl sites for hydroxylation is 1. The number of nitrogens with zero attached hydrogens (tertiary/aromatic N) is 3. The molecule has 0 amide bonds. The van der Waals surface area contributed by atoms with Gasteiger partial charge in [-0.05, 0) is 68.2 Å². The largest absolute Gasteiger partial charge is 0.375 e. The molecule has 168 valence electrons. The van der Waals surface area contributed by atoms with Crippen molar-refractivity contribution in [3.05, 3.63) is 48.4 Å². The van der Waals surface area contributed by atoms with Gasteiger partial charge in [0.25, 0.3) is 0 Å². The standard InChI is InChI=1S/C26H33N5O/c1-18-6-4-10-21(14-18)30-24(20-8-2-3-9-20)23(32)15-19-7-5-13-31(16-19)26-22-11-12-27-25(22)28-17-29-26/h4,6,10-12,14,17,19-20,24,30H,2-3,5,7-9,13,15-16H2,1H3,(H,27,28,29). The van der Waals surface area contributed by atoms with Crippen LogP contribution in [0, 0.1) is 18.8 Å². The van der Waals surface area contributed by atoms with Gasteiger partial charge in [-0.25, -0.2) is 9.97 Å². The van der Waals surface area contributed by atoms with Crippen LogP contribution in [-0.2, 0) is 4.79 Å². The number of aromatic nitrogens is 3. The van der Waals surface area contributed by atoms with Crippen molar-refractivity contribution >= 4 is 28.3 Å². The number of carbonyl (C=O) groups excluding carboxylic acids is 1. The van der Waals surface area contributed by atoms with E-state index in [2.05, 4.69) is 56.4 Å². The maximum Gasteiger partial charge on any atom is 0.155 e. The summed E-state index contributed by atoms with van der Waals surface area (Å²) in [7, 11) is 0. The number of anilines is 2. The lowest BCUT2D eigenvalue weighted by atomic mass is 9.86. The molecule has 2 aliphatic rings. The first-order valence-electron chi connectivity index (χ1n) is 12.1. The van der Waals surface area contributed by atoms with E-state index in [1.807, 2.05) is 12.3 Å². The molecule has 2 N–H and O–H groups in total. The summed E-state index contributed by atoms with van der Waals surface area (Å²) in [6.07, 6.45) is 11.2. The molecule has 3 aromatic rings. The van der Waals surface area contributed by atoms with Crippen LogP contribution in [0.25, 0.3) is 11.0 Å². The Balaban J connectivity index is 1.29. The van der Waals surface area contributed by atoms with E-state index in [-0.39, 0.29) is 6.04 Å². The highest BCUT2D eigenvalue weighted by molar-refractivity contribution is 5.88. The van der Waals surface area contributed by atoms with Gasteiger partial charge in [-0.15, -0.1) is 0 Å². The summed E-state index contributed by atoms with van der Waals surface area (Å²) in [4.78, 5) is 28.0. The average molecular weight is 432 g/mol. The zero-order valence-corrected chi connectivity index (χ0v) is 18.9. The lowest BCUT2D eigenvalue weighted by Crippen LogP contribution is -2.41. The van der Waals surface area contributed by atoms with Gasteiger partial charge < -0.3 is 15.2 Å². The van der Waals surface area contributed by atoms with E-state index >= 15 is 0 Å². The molecular formula is C26H33N5O. The topological polar surface area (TPSA) is 73.9 Å².